The highest BCUT2D eigenvalue weighted by atomic mass is 35.5. The van der Waals surface area contributed by atoms with Gasteiger partial charge in [-0.25, -0.2) is 14.6 Å². The summed E-state index contributed by atoms with van der Waals surface area (Å²) in [5.74, 6) is 2.13. The molecule has 0 bridgehead atoms. The second-order valence-electron chi connectivity index (χ2n) is 6.30. The van der Waals surface area contributed by atoms with Gasteiger partial charge in [-0.3, -0.25) is 4.79 Å². The summed E-state index contributed by atoms with van der Waals surface area (Å²) in [5, 5.41) is 4.83. The first-order chi connectivity index (χ1) is 13.7. The van der Waals surface area contributed by atoms with E-state index in [4.69, 9.17) is 16.3 Å². The number of anilines is 1. The van der Waals surface area contributed by atoms with E-state index in [-0.39, 0.29) is 12.5 Å². The number of hydrogen-bond acceptors (Lipinski definition) is 6. The number of piperazine rings is 1. The Morgan fingerprint density at radius 2 is 1.82 bits per heavy atom. The van der Waals surface area contributed by atoms with Crippen LogP contribution in [0.4, 0.5) is 5.82 Å². The van der Waals surface area contributed by atoms with Gasteiger partial charge in [0.25, 0.3) is 5.91 Å². The van der Waals surface area contributed by atoms with Gasteiger partial charge in [0.05, 0.1) is 0 Å². The molecule has 9 heteroatoms. The predicted octanol–water partition coefficient (Wildman–Crippen LogP) is 2.04. The van der Waals surface area contributed by atoms with Gasteiger partial charge in [0, 0.05) is 49.7 Å². The van der Waals surface area contributed by atoms with Crippen LogP contribution in [0.3, 0.4) is 0 Å². The molecule has 3 heterocycles. The molecular weight excluding hydrogens is 380 g/mol. The Labute approximate surface area is 167 Å². The molecule has 0 aliphatic carbocycles. The second kappa shape index (κ2) is 8.26. The largest absolute Gasteiger partial charge is 0.484 e. The highest BCUT2D eigenvalue weighted by molar-refractivity contribution is 6.30. The van der Waals surface area contributed by atoms with Crippen molar-refractivity contribution in [1.82, 2.24) is 24.6 Å². The van der Waals surface area contributed by atoms with Crippen LogP contribution in [0, 0.1) is 0 Å². The molecule has 1 amide bonds. The lowest BCUT2D eigenvalue weighted by molar-refractivity contribution is -0.133. The summed E-state index contributed by atoms with van der Waals surface area (Å²) in [7, 11) is 0. The molecule has 1 fully saturated rings. The molecular formula is C19H19ClN6O2. The highest BCUT2D eigenvalue weighted by Gasteiger charge is 2.22. The summed E-state index contributed by atoms with van der Waals surface area (Å²) in [6.45, 7) is 2.64. The Morgan fingerprint density at radius 3 is 2.54 bits per heavy atom. The summed E-state index contributed by atoms with van der Waals surface area (Å²) in [6.07, 6.45) is 5.07. The maximum atomic E-state index is 12.4. The number of halogens is 1. The zero-order valence-corrected chi connectivity index (χ0v) is 15.9. The van der Waals surface area contributed by atoms with Crippen molar-refractivity contribution >= 4 is 23.3 Å². The molecule has 0 spiro atoms. The Hall–Kier alpha value is -3.13. The standard InChI is InChI=1S/C19H19ClN6O2/c20-15-2-4-16(5-3-15)28-13-19(27)25-10-8-24(9-11-25)17-12-18(22-14-21-17)26-7-1-6-23-26/h1-7,12,14H,8-11,13H2. The van der Waals surface area contributed by atoms with E-state index in [0.717, 1.165) is 5.82 Å². The minimum atomic E-state index is -0.0329. The van der Waals surface area contributed by atoms with Crippen LogP contribution in [0.25, 0.3) is 5.82 Å². The molecule has 0 atom stereocenters. The van der Waals surface area contributed by atoms with E-state index in [1.54, 1.807) is 35.1 Å². The van der Waals surface area contributed by atoms with Crippen molar-refractivity contribution in [3.05, 3.63) is 60.1 Å². The van der Waals surface area contributed by atoms with E-state index >= 15 is 0 Å². The van der Waals surface area contributed by atoms with Gasteiger partial charge in [0.15, 0.2) is 12.4 Å². The first-order valence-corrected chi connectivity index (χ1v) is 9.30. The fourth-order valence-corrected chi connectivity index (χ4v) is 3.12. The fourth-order valence-electron chi connectivity index (χ4n) is 2.99. The summed E-state index contributed by atoms with van der Waals surface area (Å²) < 4.78 is 7.24. The monoisotopic (exact) mass is 398 g/mol. The number of ether oxygens (including phenoxy) is 1. The van der Waals surface area contributed by atoms with Gasteiger partial charge in [-0.1, -0.05) is 11.6 Å². The van der Waals surface area contributed by atoms with Crippen LogP contribution in [0.2, 0.25) is 5.02 Å². The topological polar surface area (TPSA) is 76.4 Å². The Morgan fingerprint density at radius 1 is 1.07 bits per heavy atom. The van der Waals surface area contributed by atoms with E-state index in [0.29, 0.717) is 42.8 Å². The number of aromatic nitrogens is 4. The number of carbonyl (C=O) groups is 1. The number of hydrogen-bond donors (Lipinski definition) is 0. The number of rotatable bonds is 5. The summed E-state index contributed by atoms with van der Waals surface area (Å²) >= 11 is 5.85. The Balaban J connectivity index is 1.31. The van der Waals surface area contributed by atoms with Crippen molar-refractivity contribution in [1.29, 1.82) is 0 Å². The SMILES string of the molecule is O=C(COc1ccc(Cl)cc1)N1CCN(c2cc(-n3cccn3)ncn2)CC1. The molecule has 0 radical (unpaired) electrons. The molecule has 144 valence electrons. The first-order valence-electron chi connectivity index (χ1n) is 8.92. The van der Waals surface area contributed by atoms with Gasteiger partial charge >= 0.3 is 0 Å². The van der Waals surface area contributed by atoms with Crippen LogP contribution in [0.15, 0.2) is 55.1 Å². The number of amides is 1. The van der Waals surface area contributed by atoms with E-state index in [9.17, 15) is 4.79 Å². The minimum Gasteiger partial charge on any atom is -0.484 e. The van der Waals surface area contributed by atoms with Crippen LogP contribution in [-0.4, -0.2) is 63.3 Å². The molecule has 0 saturated carbocycles. The maximum absolute atomic E-state index is 12.4. The molecule has 1 aliphatic heterocycles. The Kier molecular flexibility index (Phi) is 5.38. The molecule has 28 heavy (non-hydrogen) atoms. The number of nitrogens with zero attached hydrogens (tertiary/aromatic N) is 6. The number of benzene rings is 1. The smallest absolute Gasteiger partial charge is 0.260 e. The molecule has 8 nitrogen and oxygen atoms in total. The van der Waals surface area contributed by atoms with Crippen LogP contribution < -0.4 is 9.64 Å². The van der Waals surface area contributed by atoms with E-state index in [1.807, 2.05) is 23.2 Å². The van der Waals surface area contributed by atoms with Crippen molar-refractivity contribution in [3.8, 4) is 11.6 Å². The van der Waals surface area contributed by atoms with E-state index in [2.05, 4.69) is 20.0 Å². The second-order valence-corrected chi connectivity index (χ2v) is 6.73. The van der Waals surface area contributed by atoms with Crippen LogP contribution in [-0.2, 0) is 4.79 Å². The third kappa shape index (κ3) is 4.23. The van der Waals surface area contributed by atoms with Crippen LogP contribution in [0.5, 0.6) is 5.75 Å². The maximum Gasteiger partial charge on any atom is 0.260 e. The van der Waals surface area contributed by atoms with Crippen LogP contribution >= 0.6 is 11.6 Å². The average molecular weight is 399 g/mol. The van der Waals surface area contributed by atoms with Gasteiger partial charge in [-0.2, -0.15) is 5.10 Å². The van der Waals surface area contributed by atoms with Gasteiger partial charge in [-0.15, -0.1) is 0 Å². The molecule has 3 aromatic rings. The van der Waals surface area contributed by atoms with Gasteiger partial charge in [0.1, 0.15) is 17.9 Å². The lowest BCUT2D eigenvalue weighted by Gasteiger charge is -2.35. The third-order valence-electron chi connectivity index (χ3n) is 4.51. The highest BCUT2D eigenvalue weighted by Crippen LogP contribution is 2.17. The molecule has 0 N–H and O–H groups in total. The van der Waals surface area contributed by atoms with Crippen molar-refractivity contribution in [2.75, 3.05) is 37.7 Å². The van der Waals surface area contributed by atoms with Crippen molar-refractivity contribution in [2.45, 2.75) is 0 Å². The Bertz CT molecular complexity index is 924. The molecule has 1 saturated heterocycles. The summed E-state index contributed by atoms with van der Waals surface area (Å²) in [5.41, 5.74) is 0. The predicted molar refractivity (Wildman–Crippen MR) is 105 cm³/mol. The van der Waals surface area contributed by atoms with Gasteiger partial charge in [0.2, 0.25) is 0 Å². The fraction of sp³-hybridized carbons (Fsp3) is 0.263. The molecule has 0 unspecified atom stereocenters. The zero-order valence-electron chi connectivity index (χ0n) is 15.1. The number of carbonyl (C=O) groups excluding carboxylic acids is 1. The lowest BCUT2D eigenvalue weighted by atomic mass is 10.3. The van der Waals surface area contributed by atoms with E-state index in [1.165, 1.54) is 6.33 Å². The van der Waals surface area contributed by atoms with Gasteiger partial charge in [-0.05, 0) is 30.3 Å². The molecule has 1 aromatic carbocycles. The van der Waals surface area contributed by atoms with Crippen molar-refractivity contribution < 1.29 is 9.53 Å². The first kappa shape index (κ1) is 18.2. The molecule has 4 rings (SSSR count). The van der Waals surface area contributed by atoms with Crippen molar-refractivity contribution in [3.63, 3.8) is 0 Å². The quantitative estimate of drug-likeness (QED) is 0.654. The summed E-state index contributed by atoms with van der Waals surface area (Å²) in [6, 6.07) is 10.7. The van der Waals surface area contributed by atoms with Gasteiger partial charge < -0.3 is 14.5 Å². The summed E-state index contributed by atoms with van der Waals surface area (Å²) in [4.78, 5) is 25.0. The lowest BCUT2D eigenvalue weighted by Crippen LogP contribution is -2.50. The van der Waals surface area contributed by atoms with Crippen molar-refractivity contribution in [2.24, 2.45) is 0 Å². The van der Waals surface area contributed by atoms with E-state index < -0.39 is 0 Å². The average Bonchev–Trinajstić information content (AvgIpc) is 3.28. The zero-order chi connectivity index (χ0) is 19.3. The molecule has 2 aromatic heterocycles. The van der Waals surface area contributed by atoms with Crippen LogP contribution in [0.1, 0.15) is 0 Å². The normalized spacial score (nSPS) is 14.2. The third-order valence-corrected chi connectivity index (χ3v) is 4.76. The molecule has 1 aliphatic rings. The minimum absolute atomic E-state index is 0.0125.